The first-order valence-electron chi connectivity index (χ1n) is 10.9. The molecule has 1 aromatic rings. The molecule has 1 saturated heterocycles. The van der Waals surface area contributed by atoms with Crippen LogP contribution in [0, 0.1) is 23.7 Å². The predicted octanol–water partition coefficient (Wildman–Crippen LogP) is 0.548. The number of nitrogens with one attached hydrogen (secondary N) is 2. The number of guanidine groups is 1. The highest BCUT2D eigenvalue weighted by Gasteiger charge is 2.58. The zero-order valence-electron chi connectivity index (χ0n) is 17.6. The Labute approximate surface area is 181 Å². The Kier molecular flexibility index (Phi) is 5.00. The maximum atomic E-state index is 12.7. The Balaban J connectivity index is 1.11. The quantitative estimate of drug-likeness (QED) is 0.313. The molecule has 2 fully saturated rings. The highest BCUT2D eigenvalue weighted by atomic mass is 16.2. The van der Waals surface area contributed by atoms with E-state index in [0.717, 1.165) is 18.5 Å². The summed E-state index contributed by atoms with van der Waals surface area (Å²) in [5.74, 6) is 0.484. The SMILES string of the molecule is CN=C(NCCN1C(=O)C2C3C=CC(C3)C2C1=O)NCC(=O)N1CCc2ccccc21. The van der Waals surface area contributed by atoms with Gasteiger partial charge in [-0.05, 0) is 36.3 Å². The number of fused-ring (bicyclic) bond motifs is 6. The third kappa shape index (κ3) is 3.30. The summed E-state index contributed by atoms with van der Waals surface area (Å²) in [4.78, 5) is 45.5. The van der Waals surface area contributed by atoms with E-state index in [-0.39, 0.29) is 47.9 Å². The molecule has 8 nitrogen and oxygen atoms in total. The number of carbonyl (C=O) groups excluding carboxylic acids is 3. The van der Waals surface area contributed by atoms with Crippen molar-refractivity contribution in [2.75, 3.05) is 38.1 Å². The first-order valence-corrected chi connectivity index (χ1v) is 10.9. The first-order chi connectivity index (χ1) is 15.1. The molecule has 0 spiro atoms. The van der Waals surface area contributed by atoms with Gasteiger partial charge in [0.1, 0.15) is 0 Å². The van der Waals surface area contributed by atoms with Crippen LogP contribution in [0.2, 0.25) is 0 Å². The number of allylic oxidation sites excluding steroid dienone is 2. The van der Waals surface area contributed by atoms with Crippen LogP contribution in [0.4, 0.5) is 5.69 Å². The summed E-state index contributed by atoms with van der Waals surface area (Å²) in [6.45, 7) is 1.50. The molecule has 2 heterocycles. The van der Waals surface area contributed by atoms with Crippen LogP contribution in [0.15, 0.2) is 41.4 Å². The van der Waals surface area contributed by atoms with Crippen LogP contribution >= 0.6 is 0 Å². The molecule has 1 saturated carbocycles. The molecule has 1 aromatic carbocycles. The van der Waals surface area contributed by atoms with Gasteiger partial charge >= 0.3 is 0 Å². The lowest BCUT2D eigenvalue weighted by Crippen LogP contribution is -2.47. The number of amides is 3. The maximum Gasteiger partial charge on any atom is 0.246 e. The van der Waals surface area contributed by atoms with Crippen LogP contribution in [-0.4, -0.2) is 61.8 Å². The van der Waals surface area contributed by atoms with E-state index in [1.54, 1.807) is 11.9 Å². The highest BCUT2D eigenvalue weighted by Crippen LogP contribution is 2.52. The van der Waals surface area contributed by atoms with E-state index < -0.39 is 0 Å². The van der Waals surface area contributed by atoms with Crippen LogP contribution in [0.1, 0.15) is 12.0 Å². The van der Waals surface area contributed by atoms with E-state index >= 15 is 0 Å². The van der Waals surface area contributed by atoms with E-state index in [0.29, 0.717) is 25.6 Å². The van der Waals surface area contributed by atoms with E-state index in [4.69, 9.17) is 0 Å². The smallest absolute Gasteiger partial charge is 0.246 e. The summed E-state index contributed by atoms with van der Waals surface area (Å²) in [6, 6.07) is 7.94. The molecule has 0 aromatic heterocycles. The van der Waals surface area contributed by atoms with Crippen molar-refractivity contribution < 1.29 is 14.4 Å². The minimum absolute atomic E-state index is 0.0198. The molecule has 4 unspecified atom stereocenters. The zero-order valence-corrected chi connectivity index (χ0v) is 17.6. The van der Waals surface area contributed by atoms with Gasteiger partial charge in [-0.25, -0.2) is 0 Å². The number of carbonyl (C=O) groups is 3. The monoisotopic (exact) mass is 421 g/mol. The van der Waals surface area contributed by atoms with Crippen LogP contribution < -0.4 is 15.5 Å². The van der Waals surface area contributed by atoms with Gasteiger partial charge in [0.25, 0.3) is 0 Å². The number of hydrogen-bond donors (Lipinski definition) is 2. The molecule has 2 bridgehead atoms. The summed E-state index contributed by atoms with van der Waals surface area (Å²) in [5.41, 5.74) is 2.16. The molecule has 162 valence electrons. The number of rotatable bonds is 5. The van der Waals surface area contributed by atoms with Gasteiger partial charge in [0, 0.05) is 32.4 Å². The van der Waals surface area contributed by atoms with Crippen molar-refractivity contribution in [1.82, 2.24) is 15.5 Å². The van der Waals surface area contributed by atoms with E-state index in [1.807, 2.05) is 24.3 Å². The summed E-state index contributed by atoms with van der Waals surface area (Å²) >= 11 is 0. The summed E-state index contributed by atoms with van der Waals surface area (Å²) in [7, 11) is 1.63. The lowest BCUT2D eigenvalue weighted by Gasteiger charge is -2.20. The minimum atomic E-state index is -0.166. The summed E-state index contributed by atoms with van der Waals surface area (Å²) in [5, 5.41) is 6.15. The van der Waals surface area contributed by atoms with Gasteiger partial charge in [-0.3, -0.25) is 24.3 Å². The average molecular weight is 422 g/mol. The third-order valence-electron chi connectivity index (χ3n) is 7.01. The second-order valence-corrected chi connectivity index (χ2v) is 8.60. The molecule has 5 rings (SSSR count). The van der Waals surface area contributed by atoms with Crippen molar-refractivity contribution in [3.8, 4) is 0 Å². The number of benzene rings is 1. The minimum Gasteiger partial charge on any atom is -0.355 e. The van der Waals surface area contributed by atoms with Gasteiger partial charge in [0.05, 0.1) is 18.4 Å². The first kappa shape index (κ1) is 19.8. The number of likely N-dealkylation sites (tertiary alicyclic amines) is 1. The molecule has 8 heteroatoms. The van der Waals surface area contributed by atoms with Gasteiger partial charge in [0.2, 0.25) is 17.7 Å². The maximum absolute atomic E-state index is 12.7. The van der Waals surface area contributed by atoms with Crippen molar-refractivity contribution in [1.29, 1.82) is 0 Å². The number of para-hydroxylation sites is 1. The second kappa shape index (κ2) is 7.83. The van der Waals surface area contributed by atoms with E-state index in [2.05, 4.69) is 27.8 Å². The largest absolute Gasteiger partial charge is 0.355 e. The van der Waals surface area contributed by atoms with E-state index in [1.165, 1.54) is 10.5 Å². The normalized spacial score (nSPS) is 28.4. The second-order valence-electron chi connectivity index (χ2n) is 8.60. The van der Waals surface area contributed by atoms with Crippen molar-refractivity contribution >= 4 is 29.4 Å². The highest BCUT2D eigenvalue weighted by molar-refractivity contribution is 6.06. The number of imide groups is 1. The third-order valence-corrected chi connectivity index (χ3v) is 7.01. The fourth-order valence-electron chi connectivity index (χ4n) is 5.54. The molecule has 4 aliphatic rings. The van der Waals surface area contributed by atoms with Crippen molar-refractivity contribution in [3.63, 3.8) is 0 Å². The van der Waals surface area contributed by atoms with Crippen LogP contribution in [-0.2, 0) is 20.8 Å². The number of nitrogens with zero attached hydrogens (tertiary/aromatic N) is 3. The topological polar surface area (TPSA) is 94.1 Å². The Hall–Kier alpha value is -3.16. The molecule has 2 N–H and O–H groups in total. The Morgan fingerprint density at radius 2 is 1.81 bits per heavy atom. The lowest BCUT2D eigenvalue weighted by atomic mass is 9.85. The fourth-order valence-corrected chi connectivity index (χ4v) is 5.54. The molecular weight excluding hydrogens is 394 g/mol. The van der Waals surface area contributed by atoms with Gasteiger partial charge in [-0.15, -0.1) is 0 Å². The standard InChI is InChI=1S/C23H27N5O3/c1-24-23(26-13-18(29)27-10-8-14-4-2-3-5-17(14)27)25-9-11-28-21(30)19-15-6-7-16(12-15)20(19)22(28)31/h2-7,15-16,19-20H,8-13H2,1H3,(H2,24,25,26). The average Bonchev–Trinajstić information content (AvgIpc) is 3.55. The Bertz CT molecular complexity index is 957. The molecule has 3 amide bonds. The summed E-state index contributed by atoms with van der Waals surface area (Å²) in [6.07, 6.45) is 6.00. The van der Waals surface area contributed by atoms with Crippen molar-refractivity contribution in [3.05, 3.63) is 42.0 Å². The van der Waals surface area contributed by atoms with Crippen LogP contribution in [0.5, 0.6) is 0 Å². The van der Waals surface area contributed by atoms with Crippen LogP contribution in [0.25, 0.3) is 0 Å². The predicted molar refractivity (Wildman–Crippen MR) is 116 cm³/mol. The van der Waals surface area contributed by atoms with Crippen LogP contribution in [0.3, 0.4) is 0 Å². The molecular formula is C23H27N5O3. The number of anilines is 1. The Morgan fingerprint density at radius 3 is 2.52 bits per heavy atom. The van der Waals surface area contributed by atoms with Gasteiger partial charge < -0.3 is 15.5 Å². The van der Waals surface area contributed by atoms with Gasteiger partial charge in [0.15, 0.2) is 5.96 Å². The van der Waals surface area contributed by atoms with Crippen molar-refractivity contribution in [2.24, 2.45) is 28.7 Å². The zero-order chi connectivity index (χ0) is 21.5. The fraction of sp³-hybridized carbons (Fsp3) is 0.478. The molecule has 4 atom stereocenters. The van der Waals surface area contributed by atoms with Gasteiger partial charge in [-0.1, -0.05) is 30.4 Å². The van der Waals surface area contributed by atoms with E-state index in [9.17, 15) is 14.4 Å². The Morgan fingerprint density at radius 1 is 1.10 bits per heavy atom. The van der Waals surface area contributed by atoms with Crippen molar-refractivity contribution in [2.45, 2.75) is 12.8 Å². The molecule has 31 heavy (non-hydrogen) atoms. The molecule has 2 aliphatic carbocycles. The number of hydrogen-bond acceptors (Lipinski definition) is 4. The molecule has 2 aliphatic heterocycles. The molecule has 0 radical (unpaired) electrons. The van der Waals surface area contributed by atoms with Gasteiger partial charge in [-0.2, -0.15) is 0 Å². The lowest BCUT2D eigenvalue weighted by molar-refractivity contribution is -0.140. The summed E-state index contributed by atoms with van der Waals surface area (Å²) < 4.78 is 0. The number of aliphatic imine (C=N–C) groups is 1.